The van der Waals surface area contributed by atoms with E-state index in [1.165, 1.54) is 17.2 Å². The van der Waals surface area contributed by atoms with Crippen LogP contribution in [-0.2, 0) is 13.1 Å². The van der Waals surface area contributed by atoms with E-state index in [1.807, 2.05) is 6.07 Å². The Kier molecular flexibility index (Phi) is 3.93. The molecule has 0 fully saturated rings. The highest BCUT2D eigenvalue weighted by Crippen LogP contribution is 2.13. The molecule has 6 nitrogen and oxygen atoms in total. The Morgan fingerprint density at radius 3 is 2.78 bits per heavy atom. The second-order valence-corrected chi connectivity index (χ2v) is 4.85. The van der Waals surface area contributed by atoms with Gasteiger partial charge in [-0.25, -0.2) is 4.68 Å². The maximum absolute atomic E-state index is 12.3. The van der Waals surface area contributed by atoms with Gasteiger partial charge in [-0.3, -0.25) is 9.59 Å². The smallest absolute Gasteiger partial charge is 0.275 e. The summed E-state index contributed by atoms with van der Waals surface area (Å²) in [7, 11) is 0. The predicted octanol–water partition coefficient (Wildman–Crippen LogP) is 1.55. The summed E-state index contributed by atoms with van der Waals surface area (Å²) < 4.78 is 6.10. The van der Waals surface area contributed by atoms with Gasteiger partial charge < -0.3 is 9.73 Å². The van der Waals surface area contributed by atoms with Gasteiger partial charge >= 0.3 is 0 Å². The molecule has 1 aromatic carbocycles. The number of nitrogens with zero attached hydrogens (tertiary/aromatic N) is 2. The van der Waals surface area contributed by atoms with Crippen LogP contribution < -0.4 is 10.9 Å². The number of nitrogens with one attached hydrogen (secondary N) is 1. The Hall–Kier alpha value is -3.33. The fourth-order valence-corrected chi connectivity index (χ4v) is 2.29. The van der Waals surface area contributed by atoms with Crippen LogP contribution >= 0.6 is 0 Å². The number of rotatable bonds is 4. The minimum atomic E-state index is -0.278. The Bertz CT molecular complexity index is 949. The molecule has 0 spiro atoms. The third-order valence-corrected chi connectivity index (χ3v) is 3.39. The molecule has 0 radical (unpaired) electrons. The standard InChI is InChI=1S/C17H13N3O3/c1-2-8-20-17(22)14-6-4-3-5-13(14)15(19-20)10-18-16(21)12-7-9-23-11-12/h1,3-7,9,11H,8,10H2,(H,18,21). The molecular formula is C17H13N3O3. The van der Waals surface area contributed by atoms with Crippen molar-refractivity contribution in [3.05, 3.63) is 64.5 Å². The first-order valence-electron chi connectivity index (χ1n) is 6.93. The highest BCUT2D eigenvalue weighted by atomic mass is 16.3. The van der Waals surface area contributed by atoms with Gasteiger partial charge in [0.05, 0.1) is 29.5 Å². The van der Waals surface area contributed by atoms with Crippen LogP contribution in [0.15, 0.2) is 52.1 Å². The van der Waals surface area contributed by atoms with E-state index in [1.54, 1.807) is 24.3 Å². The first-order chi connectivity index (χ1) is 11.2. The maximum Gasteiger partial charge on any atom is 0.275 e. The lowest BCUT2D eigenvalue weighted by Gasteiger charge is -2.10. The van der Waals surface area contributed by atoms with Gasteiger partial charge in [-0.05, 0) is 12.1 Å². The highest BCUT2D eigenvalue weighted by Gasteiger charge is 2.12. The molecule has 0 unspecified atom stereocenters. The predicted molar refractivity (Wildman–Crippen MR) is 84.7 cm³/mol. The lowest BCUT2D eigenvalue weighted by atomic mass is 10.1. The summed E-state index contributed by atoms with van der Waals surface area (Å²) in [4.78, 5) is 24.3. The first kappa shape index (κ1) is 14.6. The Labute approximate surface area is 131 Å². The number of fused-ring (bicyclic) bond motifs is 1. The summed E-state index contributed by atoms with van der Waals surface area (Å²) in [6.45, 7) is 0.252. The van der Waals surface area contributed by atoms with Crippen molar-refractivity contribution in [2.24, 2.45) is 0 Å². The minimum Gasteiger partial charge on any atom is -0.472 e. The third kappa shape index (κ3) is 2.85. The number of carbonyl (C=O) groups excluding carboxylic acids is 1. The fraction of sp³-hybridized carbons (Fsp3) is 0.118. The molecule has 114 valence electrons. The van der Waals surface area contributed by atoms with Crippen LogP contribution in [0.25, 0.3) is 10.8 Å². The molecule has 0 saturated carbocycles. The summed E-state index contributed by atoms with van der Waals surface area (Å²) in [6, 6.07) is 8.67. The minimum absolute atomic E-state index is 0.0757. The topological polar surface area (TPSA) is 77.1 Å². The Balaban J connectivity index is 1.96. The molecular weight excluding hydrogens is 294 g/mol. The van der Waals surface area contributed by atoms with E-state index in [4.69, 9.17) is 10.8 Å². The van der Waals surface area contributed by atoms with Crippen LogP contribution in [-0.4, -0.2) is 15.7 Å². The SMILES string of the molecule is C#CCn1nc(CNC(=O)c2ccoc2)c2ccccc2c1=O. The van der Waals surface area contributed by atoms with Crippen LogP contribution in [0, 0.1) is 12.3 Å². The highest BCUT2D eigenvalue weighted by molar-refractivity contribution is 5.94. The Morgan fingerprint density at radius 1 is 1.30 bits per heavy atom. The summed E-state index contributed by atoms with van der Waals surface area (Å²) >= 11 is 0. The molecule has 1 amide bonds. The first-order valence-corrected chi connectivity index (χ1v) is 6.93. The van der Waals surface area contributed by atoms with Gasteiger partial charge in [0.25, 0.3) is 11.5 Å². The number of hydrogen-bond donors (Lipinski definition) is 1. The van der Waals surface area contributed by atoms with Crippen LogP contribution in [0.5, 0.6) is 0 Å². The molecule has 0 aliphatic rings. The van der Waals surface area contributed by atoms with Crippen LogP contribution in [0.2, 0.25) is 0 Å². The molecule has 2 aromatic heterocycles. The van der Waals surface area contributed by atoms with Gasteiger partial charge in [0.2, 0.25) is 0 Å². The molecule has 23 heavy (non-hydrogen) atoms. The number of hydrogen-bond acceptors (Lipinski definition) is 4. The van der Waals surface area contributed by atoms with Crippen molar-refractivity contribution in [3.8, 4) is 12.3 Å². The van der Waals surface area contributed by atoms with Gasteiger partial charge in [-0.1, -0.05) is 24.1 Å². The summed E-state index contributed by atoms with van der Waals surface area (Å²) in [5, 5.41) is 8.23. The second-order valence-electron chi connectivity index (χ2n) is 4.85. The molecule has 1 N–H and O–H groups in total. The van der Waals surface area contributed by atoms with Gasteiger partial charge in [0.1, 0.15) is 12.8 Å². The fourth-order valence-electron chi connectivity index (χ4n) is 2.29. The number of benzene rings is 1. The third-order valence-electron chi connectivity index (χ3n) is 3.39. The zero-order valence-electron chi connectivity index (χ0n) is 12.2. The van der Waals surface area contributed by atoms with Crippen molar-refractivity contribution in [1.29, 1.82) is 0 Å². The molecule has 0 bridgehead atoms. The van der Waals surface area contributed by atoms with E-state index >= 15 is 0 Å². The van der Waals surface area contributed by atoms with Crippen molar-refractivity contribution in [3.63, 3.8) is 0 Å². The zero-order valence-corrected chi connectivity index (χ0v) is 12.2. The van der Waals surface area contributed by atoms with Gasteiger partial charge in [0, 0.05) is 5.39 Å². The van der Waals surface area contributed by atoms with Crippen molar-refractivity contribution >= 4 is 16.7 Å². The lowest BCUT2D eigenvalue weighted by Crippen LogP contribution is -2.28. The van der Waals surface area contributed by atoms with E-state index in [0.29, 0.717) is 22.0 Å². The van der Waals surface area contributed by atoms with Crippen molar-refractivity contribution < 1.29 is 9.21 Å². The van der Waals surface area contributed by atoms with E-state index in [9.17, 15) is 9.59 Å². The number of terminal acetylenes is 1. The van der Waals surface area contributed by atoms with Crippen molar-refractivity contribution in [2.75, 3.05) is 0 Å². The average Bonchev–Trinajstić information content (AvgIpc) is 3.11. The van der Waals surface area contributed by atoms with Gasteiger partial charge in [-0.15, -0.1) is 6.42 Å². The van der Waals surface area contributed by atoms with Crippen LogP contribution in [0.3, 0.4) is 0 Å². The molecule has 0 atom stereocenters. The molecule has 6 heteroatoms. The van der Waals surface area contributed by atoms with E-state index < -0.39 is 0 Å². The van der Waals surface area contributed by atoms with E-state index in [2.05, 4.69) is 16.3 Å². The molecule has 0 saturated heterocycles. The molecule has 0 aliphatic heterocycles. The average molecular weight is 307 g/mol. The van der Waals surface area contributed by atoms with Crippen LogP contribution in [0.4, 0.5) is 0 Å². The lowest BCUT2D eigenvalue weighted by molar-refractivity contribution is 0.0950. The molecule has 3 aromatic rings. The maximum atomic E-state index is 12.3. The molecule has 0 aliphatic carbocycles. The van der Waals surface area contributed by atoms with Gasteiger partial charge in [0.15, 0.2) is 0 Å². The number of aromatic nitrogens is 2. The van der Waals surface area contributed by atoms with Crippen molar-refractivity contribution in [1.82, 2.24) is 15.1 Å². The van der Waals surface area contributed by atoms with E-state index in [-0.39, 0.29) is 24.6 Å². The number of carbonyl (C=O) groups is 1. The number of amides is 1. The van der Waals surface area contributed by atoms with Crippen LogP contribution in [0.1, 0.15) is 16.1 Å². The quantitative estimate of drug-likeness (QED) is 0.742. The van der Waals surface area contributed by atoms with Crippen molar-refractivity contribution in [2.45, 2.75) is 13.1 Å². The monoisotopic (exact) mass is 307 g/mol. The zero-order chi connectivity index (χ0) is 16.2. The van der Waals surface area contributed by atoms with E-state index in [0.717, 1.165) is 0 Å². The molecule has 2 heterocycles. The second kappa shape index (κ2) is 6.20. The summed E-state index contributed by atoms with van der Waals surface area (Å²) in [6.07, 6.45) is 8.07. The summed E-state index contributed by atoms with van der Waals surface area (Å²) in [5.74, 6) is 2.13. The normalized spacial score (nSPS) is 10.4. The Morgan fingerprint density at radius 2 is 2.09 bits per heavy atom. The molecule has 3 rings (SSSR count). The van der Waals surface area contributed by atoms with Gasteiger partial charge in [-0.2, -0.15) is 5.10 Å². The largest absolute Gasteiger partial charge is 0.472 e. The summed E-state index contributed by atoms with van der Waals surface area (Å²) in [5.41, 5.74) is 0.752. The number of furan rings is 1.